The molecule has 0 saturated heterocycles. The largest absolute Gasteiger partial charge is 0.496 e. The van der Waals surface area contributed by atoms with Gasteiger partial charge in [-0.05, 0) is 46.8 Å². The minimum Gasteiger partial charge on any atom is -0.496 e. The number of para-hydroxylation sites is 1. The maximum absolute atomic E-state index is 12.0. The quantitative estimate of drug-likeness (QED) is 0.729. The van der Waals surface area contributed by atoms with Crippen LogP contribution < -0.4 is 10.1 Å². The number of carbonyl (C=O) groups excluding carboxylic acids is 1. The first-order chi connectivity index (χ1) is 11.8. The van der Waals surface area contributed by atoms with Crippen LogP contribution in [0.3, 0.4) is 0 Å². The second kappa shape index (κ2) is 7.19. The standard InChI is InChI=1S/C17H15N5O2/c1-24-16-5-3-2-4-13(16)6-11-17(23)19-14-7-9-15(10-8-14)22-12-18-20-21-22/h2-12H,1H3,(H,19,23)/b11-6+. The van der Waals surface area contributed by atoms with Gasteiger partial charge in [-0.25, -0.2) is 4.68 Å². The predicted molar refractivity (Wildman–Crippen MR) is 89.8 cm³/mol. The summed E-state index contributed by atoms with van der Waals surface area (Å²) in [5.74, 6) is 0.489. The molecular formula is C17H15N5O2. The van der Waals surface area contributed by atoms with E-state index in [1.165, 1.54) is 17.1 Å². The molecular weight excluding hydrogens is 306 g/mol. The number of nitrogens with zero attached hydrogens (tertiary/aromatic N) is 4. The zero-order chi connectivity index (χ0) is 16.8. The Kier molecular flexibility index (Phi) is 4.62. The highest BCUT2D eigenvalue weighted by Gasteiger charge is 2.02. The van der Waals surface area contributed by atoms with Gasteiger partial charge in [0.05, 0.1) is 12.8 Å². The lowest BCUT2D eigenvalue weighted by Crippen LogP contribution is -2.07. The smallest absolute Gasteiger partial charge is 0.248 e. The molecule has 7 nitrogen and oxygen atoms in total. The fraction of sp³-hybridized carbons (Fsp3) is 0.0588. The molecule has 0 aliphatic rings. The van der Waals surface area contributed by atoms with Gasteiger partial charge in [0.25, 0.3) is 0 Å². The Bertz CT molecular complexity index is 842. The molecule has 0 aliphatic heterocycles. The number of anilines is 1. The number of ether oxygens (including phenoxy) is 1. The molecule has 1 amide bonds. The van der Waals surface area contributed by atoms with Gasteiger partial charge < -0.3 is 10.1 Å². The van der Waals surface area contributed by atoms with Crippen molar-refractivity contribution < 1.29 is 9.53 Å². The second-order valence-corrected chi connectivity index (χ2v) is 4.87. The van der Waals surface area contributed by atoms with E-state index in [0.29, 0.717) is 11.4 Å². The number of carbonyl (C=O) groups is 1. The van der Waals surface area contributed by atoms with Crippen molar-refractivity contribution in [2.45, 2.75) is 0 Å². The summed E-state index contributed by atoms with van der Waals surface area (Å²) in [6.07, 6.45) is 4.68. The lowest BCUT2D eigenvalue weighted by Gasteiger charge is -2.05. The summed E-state index contributed by atoms with van der Waals surface area (Å²) >= 11 is 0. The van der Waals surface area contributed by atoms with Crippen molar-refractivity contribution in [1.82, 2.24) is 20.2 Å². The van der Waals surface area contributed by atoms with Gasteiger partial charge in [0.15, 0.2) is 0 Å². The molecule has 0 aliphatic carbocycles. The minimum absolute atomic E-state index is 0.226. The van der Waals surface area contributed by atoms with Crippen LogP contribution in [0, 0.1) is 0 Å². The molecule has 1 N–H and O–H groups in total. The molecule has 0 spiro atoms. The number of benzene rings is 2. The monoisotopic (exact) mass is 321 g/mol. The highest BCUT2D eigenvalue weighted by Crippen LogP contribution is 2.18. The maximum Gasteiger partial charge on any atom is 0.248 e. The Morgan fingerprint density at radius 2 is 1.96 bits per heavy atom. The average Bonchev–Trinajstić information content (AvgIpc) is 3.15. The van der Waals surface area contributed by atoms with Crippen LogP contribution in [-0.4, -0.2) is 33.2 Å². The molecule has 0 atom stereocenters. The SMILES string of the molecule is COc1ccccc1/C=C/C(=O)Nc1ccc(-n2cnnn2)cc1. The summed E-state index contributed by atoms with van der Waals surface area (Å²) in [6.45, 7) is 0. The highest BCUT2D eigenvalue weighted by atomic mass is 16.5. The van der Waals surface area contributed by atoms with E-state index in [1.807, 2.05) is 36.4 Å². The first kappa shape index (κ1) is 15.4. The zero-order valence-corrected chi connectivity index (χ0v) is 13.0. The molecule has 3 rings (SSSR count). The number of amides is 1. The van der Waals surface area contributed by atoms with Crippen molar-refractivity contribution in [3.63, 3.8) is 0 Å². The van der Waals surface area contributed by atoms with Crippen LogP contribution in [0.15, 0.2) is 60.9 Å². The van der Waals surface area contributed by atoms with E-state index in [-0.39, 0.29) is 5.91 Å². The van der Waals surface area contributed by atoms with Gasteiger partial charge in [-0.3, -0.25) is 4.79 Å². The first-order valence-electron chi connectivity index (χ1n) is 7.22. The summed E-state index contributed by atoms with van der Waals surface area (Å²) in [5.41, 5.74) is 2.33. The molecule has 0 unspecified atom stereocenters. The van der Waals surface area contributed by atoms with E-state index in [1.54, 1.807) is 25.3 Å². The molecule has 7 heteroatoms. The molecule has 0 radical (unpaired) electrons. The number of nitrogens with one attached hydrogen (secondary N) is 1. The van der Waals surface area contributed by atoms with Crippen molar-refractivity contribution in [2.24, 2.45) is 0 Å². The summed E-state index contributed by atoms with van der Waals surface area (Å²) in [7, 11) is 1.60. The molecule has 1 aromatic heterocycles. The molecule has 3 aromatic rings. The average molecular weight is 321 g/mol. The van der Waals surface area contributed by atoms with Crippen LogP contribution in [0.1, 0.15) is 5.56 Å². The molecule has 0 bridgehead atoms. The van der Waals surface area contributed by atoms with Crippen LogP contribution >= 0.6 is 0 Å². The van der Waals surface area contributed by atoms with Crippen molar-refractivity contribution in [2.75, 3.05) is 12.4 Å². The zero-order valence-electron chi connectivity index (χ0n) is 13.0. The maximum atomic E-state index is 12.0. The van der Waals surface area contributed by atoms with Gasteiger partial charge in [-0.2, -0.15) is 0 Å². The highest BCUT2D eigenvalue weighted by molar-refractivity contribution is 6.02. The van der Waals surface area contributed by atoms with E-state index in [4.69, 9.17) is 4.74 Å². The van der Waals surface area contributed by atoms with Crippen LogP contribution in [0.25, 0.3) is 11.8 Å². The summed E-state index contributed by atoms with van der Waals surface area (Å²) < 4.78 is 6.78. The minimum atomic E-state index is -0.226. The lowest BCUT2D eigenvalue weighted by molar-refractivity contribution is -0.111. The van der Waals surface area contributed by atoms with E-state index >= 15 is 0 Å². The number of rotatable bonds is 5. The fourth-order valence-corrected chi connectivity index (χ4v) is 2.13. The third kappa shape index (κ3) is 3.64. The van der Waals surface area contributed by atoms with Crippen LogP contribution in [0.2, 0.25) is 0 Å². The molecule has 0 fully saturated rings. The summed E-state index contributed by atoms with van der Waals surface area (Å²) in [4.78, 5) is 12.0. The molecule has 0 saturated carbocycles. The summed E-state index contributed by atoms with van der Waals surface area (Å²) in [6, 6.07) is 14.7. The van der Waals surface area contributed by atoms with E-state index in [0.717, 1.165) is 11.3 Å². The number of hydrogen-bond donors (Lipinski definition) is 1. The first-order valence-corrected chi connectivity index (χ1v) is 7.22. The normalized spacial score (nSPS) is 10.7. The Morgan fingerprint density at radius 3 is 2.67 bits per heavy atom. The third-order valence-electron chi connectivity index (χ3n) is 3.30. The van der Waals surface area contributed by atoms with Crippen molar-refractivity contribution in [3.05, 3.63) is 66.5 Å². The molecule has 24 heavy (non-hydrogen) atoms. The third-order valence-corrected chi connectivity index (χ3v) is 3.30. The Morgan fingerprint density at radius 1 is 1.17 bits per heavy atom. The fourth-order valence-electron chi connectivity index (χ4n) is 2.13. The molecule has 120 valence electrons. The Hall–Kier alpha value is -3.48. The van der Waals surface area contributed by atoms with E-state index < -0.39 is 0 Å². The van der Waals surface area contributed by atoms with Gasteiger partial charge >= 0.3 is 0 Å². The number of hydrogen-bond acceptors (Lipinski definition) is 5. The van der Waals surface area contributed by atoms with Gasteiger partial charge in [0, 0.05) is 17.3 Å². The van der Waals surface area contributed by atoms with Crippen molar-refractivity contribution in [1.29, 1.82) is 0 Å². The Labute approximate surface area is 138 Å². The number of tetrazole rings is 1. The molecule has 2 aromatic carbocycles. The number of aromatic nitrogens is 4. The second-order valence-electron chi connectivity index (χ2n) is 4.87. The van der Waals surface area contributed by atoms with Crippen LogP contribution in [0.5, 0.6) is 5.75 Å². The van der Waals surface area contributed by atoms with Crippen molar-refractivity contribution >= 4 is 17.7 Å². The number of methoxy groups -OCH3 is 1. The van der Waals surface area contributed by atoms with Gasteiger partial charge in [-0.15, -0.1) is 5.10 Å². The van der Waals surface area contributed by atoms with Gasteiger partial charge in [-0.1, -0.05) is 18.2 Å². The van der Waals surface area contributed by atoms with Gasteiger partial charge in [0.1, 0.15) is 12.1 Å². The van der Waals surface area contributed by atoms with Crippen LogP contribution in [-0.2, 0) is 4.79 Å². The van der Waals surface area contributed by atoms with Crippen LogP contribution in [0.4, 0.5) is 5.69 Å². The van der Waals surface area contributed by atoms with E-state index in [2.05, 4.69) is 20.8 Å². The van der Waals surface area contributed by atoms with Crippen molar-refractivity contribution in [3.8, 4) is 11.4 Å². The topological polar surface area (TPSA) is 81.9 Å². The lowest BCUT2D eigenvalue weighted by atomic mass is 10.2. The predicted octanol–water partition coefficient (Wildman–Crippen LogP) is 2.32. The molecule has 1 heterocycles. The van der Waals surface area contributed by atoms with E-state index in [9.17, 15) is 4.79 Å². The summed E-state index contributed by atoms with van der Waals surface area (Å²) in [5, 5.41) is 13.8. The Balaban J connectivity index is 1.65. The van der Waals surface area contributed by atoms with Gasteiger partial charge in [0.2, 0.25) is 5.91 Å².